The Morgan fingerprint density at radius 1 is 1.09 bits per heavy atom. The van der Waals surface area contributed by atoms with Crippen molar-refractivity contribution in [2.75, 3.05) is 12.3 Å². The predicted octanol–water partition coefficient (Wildman–Crippen LogP) is 2.17. The summed E-state index contributed by atoms with van der Waals surface area (Å²) in [5, 5.41) is 2.74. The van der Waals surface area contributed by atoms with E-state index in [1.165, 1.54) is 0 Å². The van der Waals surface area contributed by atoms with Crippen molar-refractivity contribution < 1.29 is 14.3 Å². The number of nitrogens with two attached hydrogens (primary N) is 1. The van der Waals surface area contributed by atoms with E-state index < -0.39 is 12.0 Å². The Labute approximate surface area is 135 Å². The first-order chi connectivity index (χ1) is 11.1. The maximum absolute atomic E-state index is 12.3. The van der Waals surface area contributed by atoms with Crippen molar-refractivity contribution in [1.82, 2.24) is 5.32 Å². The van der Waals surface area contributed by atoms with Crippen LogP contribution in [0.15, 0.2) is 54.6 Å². The standard InChI is InChI=1S/C18H20N2O3/c1-2-23-18(22)16(12-13-8-10-15(19)11-9-13)20-17(21)14-6-4-3-5-7-14/h3-11,16H,2,12,19H2,1H3,(H,20,21). The Balaban J connectivity index is 2.12. The van der Waals surface area contributed by atoms with E-state index >= 15 is 0 Å². The smallest absolute Gasteiger partial charge is 0.328 e. The number of amides is 1. The highest BCUT2D eigenvalue weighted by atomic mass is 16.5. The Morgan fingerprint density at radius 3 is 2.35 bits per heavy atom. The number of esters is 1. The zero-order valence-corrected chi connectivity index (χ0v) is 13.0. The molecule has 0 fully saturated rings. The molecule has 0 saturated carbocycles. The zero-order chi connectivity index (χ0) is 16.7. The van der Waals surface area contributed by atoms with Gasteiger partial charge in [-0.2, -0.15) is 0 Å². The molecule has 0 bridgehead atoms. The third kappa shape index (κ3) is 4.85. The van der Waals surface area contributed by atoms with Gasteiger partial charge < -0.3 is 15.8 Å². The Morgan fingerprint density at radius 2 is 1.74 bits per heavy atom. The summed E-state index contributed by atoms with van der Waals surface area (Å²) < 4.78 is 5.06. The largest absolute Gasteiger partial charge is 0.464 e. The lowest BCUT2D eigenvalue weighted by Gasteiger charge is -2.17. The number of carbonyl (C=O) groups is 2. The van der Waals surface area contributed by atoms with Gasteiger partial charge in [0.2, 0.25) is 0 Å². The molecule has 23 heavy (non-hydrogen) atoms. The van der Waals surface area contributed by atoms with Crippen LogP contribution in [-0.2, 0) is 16.0 Å². The number of carbonyl (C=O) groups excluding carboxylic acids is 2. The number of benzene rings is 2. The van der Waals surface area contributed by atoms with Crippen LogP contribution in [0.5, 0.6) is 0 Å². The maximum atomic E-state index is 12.3. The van der Waals surface area contributed by atoms with Crippen molar-refractivity contribution in [3.63, 3.8) is 0 Å². The first-order valence-corrected chi connectivity index (χ1v) is 7.47. The summed E-state index contributed by atoms with van der Waals surface area (Å²) in [5.74, 6) is -0.757. The van der Waals surface area contributed by atoms with Gasteiger partial charge in [0.25, 0.3) is 5.91 Å². The SMILES string of the molecule is CCOC(=O)C(Cc1ccc(N)cc1)NC(=O)c1ccccc1. The minimum absolute atomic E-state index is 0.262. The van der Waals surface area contributed by atoms with E-state index in [0.29, 0.717) is 17.7 Å². The monoisotopic (exact) mass is 312 g/mol. The predicted molar refractivity (Wildman–Crippen MR) is 88.9 cm³/mol. The van der Waals surface area contributed by atoms with E-state index in [9.17, 15) is 9.59 Å². The summed E-state index contributed by atoms with van der Waals surface area (Å²) in [7, 11) is 0. The molecule has 5 heteroatoms. The molecule has 0 heterocycles. The van der Waals surface area contributed by atoms with Crippen molar-refractivity contribution in [1.29, 1.82) is 0 Å². The van der Waals surface area contributed by atoms with Crippen LogP contribution >= 0.6 is 0 Å². The van der Waals surface area contributed by atoms with Crippen molar-refractivity contribution in [2.45, 2.75) is 19.4 Å². The van der Waals surface area contributed by atoms with Crippen LogP contribution in [0.25, 0.3) is 0 Å². The highest BCUT2D eigenvalue weighted by Crippen LogP contribution is 2.10. The molecule has 1 amide bonds. The van der Waals surface area contributed by atoms with Gasteiger partial charge in [-0.05, 0) is 36.8 Å². The summed E-state index contributed by atoms with van der Waals surface area (Å²) in [4.78, 5) is 24.4. The molecule has 0 aliphatic heterocycles. The van der Waals surface area contributed by atoms with Crippen LogP contribution in [-0.4, -0.2) is 24.5 Å². The molecule has 0 aliphatic rings. The third-order valence-electron chi connectivity index (χ3n) is 3.33. The average Bonchev–Trinajstić information content (AvgIpc) is 2.57. The van der Waals surface area contributed by atoms with Gasteiger partial charge >= 0.3 is 5.97 Å². The minimum atomic E-state index is -0.744. The van der Waals surface area contributed by atoms with Crippen LogP contribution in [0.1, 0.15) is 22.8 Å². The molecular weight excluding hydrogens is 292 g/mol. The molecule has 0 saturated heterocycles. The highest BCUT2D eigenvalue weighted by molar-refractivity contribution is 5.96. The third-order valence-corrected chi connectivity index (χ3v) is 3.33. The molecular formula is C18H20N2O3. The molecule has 5 nitrogen and oxygen atoms in total. The molecule has 0 aliphatic carbocycles. The van der Waals surface area contributed by atoms with Gasteiger partial charge in [0, 0.05) is 17.7 Å². The second-order valence-corrected chi connectivity index (χ2v) is 5.09. The normalized spacial score (nSPS) is 11.5. The van der Waals surface area contributed by atoms with E-state index in [1.807, 2.05) is 18.2 Å². The van der Waals surface area contributed by atoms with E-state index in [-0.39, 0.29) is 12.5 Å². The number of anilines is 1. The number of nitrogen functional groups attached to an aromatic ring is 1. The molecule has 3 N–H and O–H groups in total. The first kappa shape index (κ1) is 16.5. The quantitative estimate of drug-likeness (QED) is 0.633. The summed E-state index contributed by atoms with van der Waals surface area (Å²) >= 11 is 0. The molecule has 2 rings (SSSR count). The Hall–Kier alpha value is -2.82. The lowest BCUT2D eigenvalue weighted by Crippen LogP contribution is -2.43. The summed E-state index contributed by atoms with van der Waals surface area (Å²) in [6, 6.07) is 15.2. The maximum Gasteiger partial charge on any atom is 0.328 e. The fraction of sp³-hybridized carbons (Fsp3) is 0.222. The van der Waals surface area contributed by atoms with Gasteiger partial charge in [0.1, 0.15) is 6.04 Å². The summed E-state index contributed by atoms with van der Waals surface area (Å²) in [6.45, 7) is 2.00. The van der Waals surface area contributed by atoms with Gasteiger partial charge in [0.05, 0.1) is 6.61 Å². The summed E-state index contributed by atoms with van der Waals surface area (Å²) in [6.07, 6.45) is 0.345. The van der Waals surface area contributed by atoms with Crippen LogP contribution in [0, 0.1) is 0 Å². The molecule has 1 atom stereocenters. The van der Waals surface area contributed by atoms with Gasteiger partial charge in [0.15, 0.2) is 0 Å². The van der Waals surface area contributed by atoms with E-state index in [2.05, 4.69) is 5.32 Å². The molecule has 2 aromatic carbocycles. The summed E-state index contributed by atoms with van der Waals surface area (Å²) in [5.41, 5.74) is 7.70. The van der Waals surface area contributed by atoms with Crippen molar-refractivity contribution in [3.05, 3.63) is 65.7 Å². The number of hydrogen-bond acceptors (Lipinski definition) is 4. The molecule has 1 unspecified atom stereocenters. The van der Waals surface area contributed by atoms with E-state index in [1.54, 1.807) is 43.3 Å². The van der Waals surface area contributed by atoms with Crippen molar-refractivity contribution in [3.8, 4) is 0 Å². The minimum Gasteiger partial charge on any atom is -0.464 e. The lowest BCUT2D eigenvalue weighted by molar-refractivity contribution is -0.145. The Kier molecular flexibility index (Phi) is 5.74. The van der Waals surface area contributed by atoms with Gasteiger partial charge in [-0.1, -0.05) is 30.3 Å². The number of rotatable bonds is 6. The fourth-order valence-electron chi connectivity index (χ4n) is 2.16. The second-order valence-electron chi connectivity index (χ2n) is 5.09. The molecule has 0 spiro atoms. The fourth-order valence-corrected chi connectivity index (χ4v) is 2.16. The number of nitrogens with one attached hydrogen (secondary N) is 1. The van der Waals surface area contributed by atoms with E-state index in [0.717, 1.165) is 5.56 Å². The lowest BCUT2D eigenvalue weighted by atomic mass is 10.0. The van der Waals surface area contributed by atoms with Crippen molar-refractivity contribution >= 4 is 17.6 Å². The number of hydrogen-bond donors (Lipinski definition) is 2. The second kappa shape index (κ2) is 7.98. The first-order valence-electron chi connectivity index (χ1n) is 7.47. The van der Waals surface area contributed by atoms with Crippen LogP contribution in [0.4, 0.5) is 5.69 Å². The zero-order valence-electron chi connectivity index (χ0n) is 13.0. The number of ether oxygens (including phenoxy) is 1. The molecule has 0 aromatic heterocycles. The average molecular weight is 312 g/mol. The van der Waals surface area contributed by atoms with Gasteiger partial charge in [-0.15, -0.1) is 0 Å². The van der Waals surface area contributed by atoms with Crippen LogP contribution in [0.3, 0.4) is 0 Å². The topological polar surface area (TPSA) is 81.4 Å². The van der Waals surface area contributed by atoms with Gasteiger partial charge in [-0.25, -0.2) is 4.79 Å². The van der Waals surface area contributed by atoms with Crippen LogP contribution < -0.4 is 11.1 Å². The molecule has 120 valence electrons. The molecule has 2 aromatic rings. The van der Waals surface area contributed by atoms with E-state index in [4.69, 9.17) is 10.5 Å². The Bertz CT molecular complexity index is 654. The molecule has 0 radical (unpaired) electrons. The highest BCUT2D eigenvalue weighted by Gasteiger charge is 2.23. The van der Waals surface area contributed by atoms with Crippen molar-refractivity contribution in [2.24, 2.45) is 0 Å². The van der Waals surface area contributed by atoms with Crippen LogP contribution in [0.2, 0.25) is 0 Å². The van der Waals surface area contributed by atoms with Gasteiger partial charge in [-0.3, -0.25) is 4.79 Å².